The van der Waals surface area contributed by atoms with Gasteiger partial charge in [-0.2, -0.15) is 0 Å². The van der Waals surface area contributed by atoms with Crippen LogP contribution in [0.2, 0.25) is 0 Å². The predicted octanol–water partition coefficient (Wildman–Crippen LogP) is 0.253. The number of hydrogen-bond acceptors (Lipinski definition) is 4. The molecule has 1 N–H and O–H groups in total. The fraction of sp³-hybridized carbons (Fsp3) is 0.643. The molecule has 1 aromatic rings. The lowest BCUT2D eigenvalue weighted by Gasteiger charge is -2.33. The average molecular weight is 294 g/mol. The number of carbonyl (C=O) groups is 2. The standard InChI is InChI=1S/C14H22N4O3/c1-17(10-12-15-5-6-16-12)14(20)11-3-4-13(19)18(9-11)7-8-21-2/h5-6,11H,3-4,7-10H2,1-2H3,(H,15,16)/t11-/m1/s1. The van der Waals surface area contributed by atoms with Crippen molar-refractivity contribution < 1.29 is 14.3 Å². The van der Waals surface area contributed by atoms with Crippen LogP contribution in [-0.4, -0.2) is 65.4 Å². The molecule has 116 valence electrons. The van der Waals surface area contributed by atoms with Crippen LogP contribution in [0, 0.1) is 5.92 Å². The van der Waals surface area contributed by atoms with Gasteiger partial charge in [0.05, 0.1) is 19.1 Å². The van der Waals surface area contributed by atoms with E-state index in [1.165, 1.54) is 0 Å². The SMILES string of the molecule is COCCN1C[C@H](C(=O)N(C)Cc2ncc[nH]2)CCC1=O. The third-order valence-electron chi connectivity index (χ3n) is 3.73. The van der Waals surface area contributed by atoms with Crippen molar-refractivity contribution in [2.75, 3.05) is 33.9 Å². The van der Waals surface area contributed by atoms with E-state index >= 15 is 0 Å². The summed E-state index contributed by atoms with van der Waals surface area (Å²) in [5, 5.41) is 0. The predicted molar refractivity (Wildman–Crippen MR) is 76.2 cm³/mol. The summed E-state index contributed by atoms with van der Waals surface area (Å²) in [7, 11) is 3.37. The molecule has 7 heteroatoms. The van der Waals surface area contributed by atoms with Crippen molar-refractivity contribution in [3.63, 3.8) is 0 Å². The van der Waals surface area contributed by atoms with Crippen LogP contribution in [0.1, 0.15) is 18.7 Å². The highest BCUT2D eigenvalue weighted by Crippen LogP contribution is 2.19. The highest BCUT2D eigenvalue weighted by molar-refractivity contribution is 5.83. The molecule has 0 radical (unpaired) electrons. The average Bonchev–Trinajstić information content (AvgIpc) is 2.98. The Labute approximate surface area is 124 Å². The van der Waals surface area contributed by atoms with Gasteiger partial charge in [0, 0.05) is 46.1 Å². The maximum Gasteiger partial charge on any atom is 0.227 e. The molecule has 2 amide bonds. The third kappa shape index (κ3) is 4.04. The fourth-order valence-corrected chi connectivity index (χ4v) is 2.53. The summed E-state index contributed by atoms with van der Waals surface area (Å²) < 4.78 is 5.00. The topological polar surface area (TPSA) is 78.5 Å². The summed E-state index contributed by atoms with van der Waals surface area (Å²) in [6.45, 7) is 1.97. The lowest BCUT2D eigenvalue weighted by molar-refractivity contribution is -0.143. The minimum absolute atomic E-state index is 0.0568. The monoisotopic (exact) mass is 294 g/mol. The molecule has 0 aliphatic carbocycles. The number of nitrogens with one attached hydrogen (secondary N) is 1. The van der Waals surface area contributed by atoms with Gasteiger partial charge in [0.25, 0.3) is 0 Å². The smallest absolute Gasteiger partial charge is 0.227 e. The van der Waals surface area contributed by atoms with Gasteiger partial charge in [-0.3, -0.25) is 9.59 Å². The summed E-state index contributed by atoms with van der Waals surface area (Å²) in [6.07, 6.45) is 4.44. The normalized spacial score (nSPS) is 18.9. The fourth-order valence-electron chi connectivity index (χ4n) is 2.53. The minimum Gasteiger partial charge on any atom is -0.383 e. The zero-order valence-electron chi connectivity index (χ0n) is 12.5. The van der Waals surface area contributed by atoms with E-state index in [4.69, 9.17) is 4.74 Å². The summed E-state index contributed by atoms with van der Waals surface area (Å²) in [6, 6.07) is 0. The number of methoxy groups -OCH3 is 1. The largest absolute Gasteiger partial charge is 0.383 e. The molecule has 0 aromatic carbocycles. The number of hydrogen-bond donors (Lipinski definition) is 1. The molecule has 1 fully saturated rings. The maximum absolute atomic E-state index is 12.5. The number of nitrogens with zero attached hydrogens (tertiary/aromatic N) is 3. The van der Waals surface area contributed by atoms with Gasteiger partial charge in [-0.25, -0.2) is 4.98 Å². The van der Waals surface area contributed by atoms with Crippen molar-refractivity contribution >= 4 is 11.8 Å². The van der Waals surface area contributed by atoms with E-state index in [1.807, 2.05) is 0 Å². The Morgan fingerprint density at radius 1 is 1.62 bits per heavy atom. The maximum atomic E-state index is 12.5. The van der Waals surface area contributed by atoms with E-state index in [-0.39, 0.29) is 17.7 Å². The van der Waals surface area contributed by atoms with Crippen molar-refractivity contribution in [3.8, 4) is 0 Å². The first-order valence-corrected chi connectivity index (χ1v) is 7.11. The molecule has 1 saturated heterocycles. The van der Waals surface area contributed by atoms with Gasteiger partial charge < -0.3 is 19.5 Å². The lowest BCUT2D eigenvalue weighted by Crippen LogP contribution is -2.47. The first kappa shape index (κ1) is 15.5. The zero-order chi connectivity index (χ0) is 15.2. The zero-order valence-corrected chi connectivity index (χ0v) is 12.5. The molecule has 1 atom stereocenters. The molecule has 1 aromatic heterocycles. The van der Waals surface area contributed by atoms with Crippen molar-refractivity contribution in [1.82, 2.24) is 19.8 Å². The molecule has 0 bridgehead atoms. The van der Waals surface area contributed by atoms with Crippen molar-refractivity contribution in [1.29, 1.82) is 0 Å². The van der Waals surface area contributed by atoms with Gasteiger partial charge in [0.1, 0.15) is 5.82 Å². The molecule has 2 heterocycles. The second-order valence-electron chi connectivity index (χ2n) is 5.30. The number of H-pyrrole nitrogens is 1. The third-order valence-corrected chi connectivity index (χ3v) is 3.73. The van der Waals surface area contributed by atoms with Crippen LogP contribution in [0.5, 0.6) is 0 Å². The van der Waals surface area contributed by atoms with E-state index in [9.17, 15) is 9.59 Å². The van der Waals surface area contributed by atoms with Crippen LogP contribution in [0.25, 0.3) is 0 Å². The molecule has 0 saturated carbocycles. The molecule has 2 rings (SSSR count). The van der Waals surface area contributed by atoms with Crippen LogP contribution in [-0.2, 0) is 20.9 Å². The van der Waals surface area contributed by atoms with E-state index in [0.29, 0.717) is 39.1 Å². The van der Waals surface area contributed by atoms with Gasteiger partial charge in [0.15, 0.2) is 0 Å². The van der Waals surface area contributed by atoms with E-state index in [0.717, 1.165) is 5.82 Å². The van der Waals surface area contributed by atoms with Crippen molar-refractivity contribution in [2.24, 2.45) is 5.92 Å². The molecule has 21 heavy (non-hydrogen) atoms. The summed E-state index contributed by atoms with van der Waals surface area (Å²) >= 11 is 0. The first-order chi connectivity index (χ1) is 10.1. The minimum atomic E-state index is -0.139. The Bertz CT molecular complexity index is 475. The molecule has 0 unspecified atom stereocenters. The van der Waals surface area contributed by atoms with Gasteiger partial charge in [-0.05, 0) is 6.42 Å². The van der Waals surface area contributed by atoms with Gasteiger partial charge in [-0.15, -0.1) is 0 Å². The summed E-state index contributed by atoms with van der Waals surface area (Å²) in [5.41, 5.74) is 0. The Hall–Kier alpha value is -1.89. The molecule has 7 nitrogen and oxygen atoms in total. The van der Waals surface area contributed by atoms with Crippen LogP contribution < -0.4 is 0 Å². The van der Waals surface area contributed by atoms with Gasteiger partial charge in [0.2, 0.25) is 11.8 Å². The Balaban J connectivity index is 1.90. The van der Waals surface area contributed by atoms with Crippen molar-refractivity contribution in [2.45, 2.75) is 19.4 Å². The van der Waals surface area contributed by atoms with Crippen LogP contribution in [0.15, 0.2) is 12.4 Å². The summed E-state index contributed by atoms with van der Waals surface area (Å²) in [5.74, 6) is 0.777. The highest BCUT2D eigenvalue weighted by Gasteiger charge is 2.31. The number of likely N-dealkylation sites (tertiary alicyclic amines) is 1. The van der Waals surface area contributed by atoms with Gasteiger partial charge in [-0.1, -0.05) is 0 Å². The Morgan fingerprint density at radius 2 is 2.43 bits per heavy atom. The number of amides is 2. The Kier molecular flexibility index (Phi) is 5.32. The van der Waals surface area contributed by atoms with E-state index in [2.05, 4.69) is 9.97 Å². The number of aromatic amines is 1. The van der Waals surface area contributed by atoms with Gasteiger partial charge >= 0.3 is 0 Å². The first-order valence-electron chi connectivity index (χ1n) is 7.11. The number of imidazole rings is 1. The van der Waals surface area contributed by atoms with Crippen LogP contribution in [0.3, 0.4) is 0 Å². The number of piperidine rings is 1. The molecular formula is C14H22N4O3. The number of aromatic nitrogens is 2. The highest BCUT2D eigenvalue weighted by atomic mass is 16.5. The quantitative estimate of drug-likeness (QED) is 0.816. The Morgan fingerprint density at radius 3 is 3.10 bits per heavy atom. The number of rotatable bonds is 6. The van der Waals surface area contributed by atoms with Crippen LogP contribution >= 0.6 is 0 Å². The molecule has 1 aliphatic heterocycles. The number of carbonyl (C=O) groups excluding carboxylic acids is 2. The number of ether oxygens (including phenoxy) is 1. The molecule has 0 spiro atoms. The van der Waals surface area contributed by atoms with Crippen LogP contribution in [0.4, 0.5) is 0 Å². The lowest BCUT2D eigenvalue weighted by atomic mass is 9.96. The molecular weight excluding hydrogens is 272 g/mol. The van der Waals surface area contributed by atoms with E-state index < -0.39 is 0 Å². The van der Waals surface area contributed by atoms with Crippen molar-refractivity contribution in [3.05, 3.63) is 18.2 Å². The summed E-state index contributed by atoms with van der Waals surface area (Å²) in [4.78, 5) is 34.8. The second-order valence-corrected chi connectivity index (χ2v) is 5.30. The molecule has 1 aliphatic rings. The second kappa shape index (κ2) is 7.21. The van der Waals surface area contributed by atoms with E-state index in [1.54, 1.807) is 36.4 Å².